The van der Waals surface area contributed by atoms with Crippen molar-refractivity contribution in [2.45, 2.75) is 19.9 Å². The van der Waals surface area contributed by atoms with Gasteiger partial charge < -0.3 is 15.8 Å². The molecular formula is C16H19N3OS. The van der Waals surface area contributed by atoms with Gasteiger partial charge in [0.15, 0.2) is 0 Å². The maximum absolute atomic E-state index is 5.80. The highest BCUT2D eigenvalue weighted by Gasteiger charge is 2.13. The Morgan fingerprint density at radius 1 is 1.29 bits per heavy atom. The molecular weight excluding hydrogens is 282 g/mol. The molecule has 0 saturated carbocycles. The van der Waals surface area contributed by atoms with Crippen molar-refractivity contribution >= 4 is 23.0 Å². The van der Waals surface area contributed by atoms with Gasteiger partial charge in [-0.15, -0.1) is 0 Å². The van der Waals surface area contributed by atoms with Gasteiger partial charge in [-0.2, -0.15) is 0 Å². The van der Waals surface area contributed by atoms with Crippen molar-refractivity contribution in [2.75, 3.05) is 12.4 Å². The van der Waals surface area contributed by atoms with Crippen LogP contribution in [0.3, 0.4) is 0 Å². The zero-order chi connectivity index (χ0) is 15.4. The summed E-state index contributed by atoms with van der Waals surface area (Å²) in [7, 11) is 1.65. The molecule has 1 aromatic heterocycles. The van der Waals surface area contributed by atoms with Crippen LogP contribution in [0.25, 0.3) is 0 Å². The quantitative estimate of drug-likeness (QED) is 0.830. The van der Waals surface area contributed by atoms with Crippen LogP contribution in [-0.2, 0) is 0 Å². The highest BCUT2D eigenvalue weighted by molar-refractivity contribution is 7.80. The molecule has 1 heterocycles. The Bertz CT molecular complexity index is 640. The Hall–Kier alpha value is -2.14. The predicted octanol–water partition coefficient (Wildman–Crippen LogP) is 3.21. The molecule has 1 unspecified atom stereocenters. The highest BCUT2D eigenvalue weighted by atomic mass is 32.1. The second-order valence-corrected chi connectivity index (χ2v) is 5.29. The molecule has 2 aromatic rings. The van der Waals surface area contributed by atoms with Crippen molar-refractivity contribution in [1.82, 2.24) is 4.98 Å². The van der Waals surface area contributed by atoms with Gasteiger partial charge >= 0.3 is 0 Å². The van der Waals surface area contributed by atoms with Crippen LogP contribution in [0.5, 0.6) is 5.75 Å². The van der Waals surface area contributed by atoms with Gasteiger partial charge in [-0.1, -0.05) is 24.4 Å². The van der Waals surface area contributed by atoms with Crippen LogP contribution < -0.4 is 15.8 Å². The number of hydrogen-bond donors (Lipinski definition) is 2. The lowest BCUT2D eigenvalue weighted by molar-refractivity contribution is 0.414. The van der Waals surface area contributed by atoms with Crippen LogP contribution in [0.1, 0.15) is 29.7 Å². The molecule has 110 valence electrons. The molecule has 5 heteroatoms. The molecule has 3 N–H and O–H groups in total. The van der Waals surface area contributed by atoms with Crippen molar-refractivity contribution in [1.29, 1.82) is 0 Å². The highest BCUT2D eigenvalue weighted by Crippen LogP contribution is 2.24. The Kier molecular flexibility index (Phi) is 4.75. The summed E-state index contributed by atoms with van der Waals surface area (Å²) in [5.41, 5.74) is 8.75. The van der Waals surface area contributed by atoms with Crippen LogP contribution in [-0.4, -0.2) is 17.1 Å². The average molecular weight is 301 g/mol. The monoisotopic (exact) mass is 301 g/mol. The number of pyridine rings is 1. The first kappa shape index (κ1) is 15.3. The summed E-state index contributed by atoms with van der Waals surface area (Å²) in [5, 5.41) is 3.37. The molecule has 1 aromatic carbocycles. The van der Waals surface area contributed by atoms with E-state index in [1.165, 1.54) is 0 Å². The predicted molar refractivity (Wildman–Crippen MR) is 89.9 cm³/mol. The first-order valence-corrected chi connectivity index (χ1v) is 7.09. The van der Waals surface area contributed by atoms with Crippen molar-refractivity contribution in [3.63, 3.8) is 0 Å². The van der Waals surface area contributed by atoms with Gasteiger partial charge in [0.2, 0.25) is 0 Å². The van der Waals surface area contributed by atoms with E-state index < -0.39 is 0 Å². The second kappa shape index (κ2) is 6.54. The average Bonchev–Trinajstić information content (AvgIpc) is 2.47. The smallest absolute Gasteiger partial charge is 0.136 e. The first-order chi connectivity index (χ1) is 10.0. The molecule has 0 radical (unpaired) electrons. The minimum atomic E-state index is 0.0818. The number of aromatic nitrogens is 1. The zero-order valence-electron chi connectivity index (χ0n) is 12.4. The third-order valence-corrected chi connectivity index (χ3v) is 3.58. The van der Waals surface area contributed by atoms with Crippen LogP contribution in [0, 0.1) is 6.92 Å². The standard InChI is InChI=1S/C16H19N3OS/c1-10-8-9-18-16(14(10)15(17)21)19-11(2)12-4-6-13(20-3)7-5-12/h4-9,11H,1-3H3,(H2,17,21)(H,18,19). The lowest BCUT2D eigenvalue weighted by Crippen LogP contribution is -2.17. The van der Waals surface area contributed by atoms with E-state index in [-0.39, 0.29) is 6.04 Å². The number of nitrogens with zero attached hydrogens (tertiary/aromatic N) is 1. The summed E-state index contributed by atoms with van der Waals surface area (Å²) in [6.07, 6.45) is 1.75. The molecule has 0 aliphatic rings. The van der Waals surface area contributed by atoms with Gasteiger partial charge in [0.05, 0.1) is 12.7 Å². The van der Waals surface area contributed by atoms with Crippen molar-refractivity contribution in [3.05, 3.63) is 53.2 Å². The second-order valence-electron chi connectivity index (χ2n) is 4.85. The molecule has 2 rings (SSSR count). The molecule has 0 aliphatic heterocycles. The Labute approximate surface area is 130 Å². The van der Waals surface area contributed by atoms with Crippen molar-refractivity contribution in [2.24, 2.45) is 5.73 Å². The SMILES string of the molecule is COc1ccc(C(C)Nc2nccc(C)c2C(N)=S)cc1. The normalized spacial score (nSPS) is 11.8. The van der Waals surface area contributed by atoms with E-state index in [4.69, 9.17) is 22.7 Å². The number of ether oxygens (including phenoxy) is 1. The Morgan fingerprint density at radius 2 is 1.95 bits per heavy atom. The maximum Gasteiger partial charge on any atom is 0.136 e. The number of aryl methyl sites for hydroxylation is 1. The topological polar surface area (TPSA) is 60.2 Å². The van der Waals surface area contributed by atoms with Crippen molar-refractivity contribution in [3.8, 4) is 5.75 Å². The van der Waals surface area contributed by atoms with E-state index in [0.717, 1.165) is 22.4 Å². The van der Waals surface area contributed by atoms with Gasteiger partial charge in [-0.3, -0.25) is 0 Å². The van der Waals surface area contributed by atoms with Crippen LogP contribution in [0.2, 0.25) is 0 Å². The fourth-order valence-corrected chi connectivity index (χ4v) is 2.42. The van der Waals surface area contributed by atoms with E-state index in [2.05, 4.69) is 17.2 Å². The van der Waals surface area contributed by atoms with Crippen LogP contribution in [0.4, 0.5) is 5.82 Å². The Morgan fingerprint density at radius 3 is 2.52 bits per heavy atom. The summed E-state index contributed by atoms with van der Waals surface area (Å²) < 4.78 is 5.17. The summed E-state index contributed by atoms with van der Waals surface area (Å²) in [6.45, 7) is 4.04. The van der Waals surface area contributed by atoms with E-state index in [0.29, 0.717) is 10.8 Å². The summed E-state index contributed by atoms with van der Waals surface area (Å²) in [5.74, 6) is 1.55. The van der Waals surface area contributed by atoms with Crippen LogP contribution in [0.15, 0.2) is 36.5 Å². The van der Waals surface area contributed by atoms with Crippen LogP contribution >= 0.6 is 12.2 Å². The molecule has 0 bridgehead atoms. The van der Waals surface area contributed by atoms with Crippen molar-refractivity contribution < 1.29 is 4.74 Å². The van der Waals surface area contributed by atoms with E-state index in [1.54, 1.807) is 13.3 Å². The fraction of sp³-hybridized carbons (Fsp3) is 0.250. The number of anilines is 1. The van der Waals surface area contributed by atoms with Gasteiger partial charge in [0.25, 0.3) is 0 Å². The molecule has 0 aliphatic carbocycles. The lowest BCUT2D eigenvalue weighted by Gasteiger charge is -2.18. The minimum Gasteiger partial charge on any atom is -0.497 e. The fourth-order valence-electron chi connectivity index (χ4n) is 2.16. The van der Waals surface area contributed by atoms with Gasteiger partial charge in [0.1, 0.15) is 16.6 Å². The third-order valence-electron chi connectivity index (χ3n) is 3.37. The van der Waals surface area contributed by atoms with E-state index in [9.17, 15) is 0 Å². The Balaban J connectivity index is 2.24. The molecule has 0 spiro atoms. The van der Waals surface area contributed by atoms with E-state index in [1.807, 2.05) is 37.3 Å². The minimum absolute atomic E-state index is 0.0818. The number of hydrogen-bond acceptors (Lipinski definition) is 4. The maximum atomic E-state index is 5.80. The summed E-state index contributed by atoms with van der Waals surface area (Å²) in [4.78, 5) is 4.71. The third kappa shape index (κ3) is 3.49. The first-order valence-electron chi connectivity index (χ1n) is 6.69. The molecule has 0 fully saturated rings. The largest absolute Gasteiger partial charge is 0.497 e. The molecule has 0 amide bonds. The lowest BCUT2D eigenvalue weighted by atomic mass is 10.1. The molecule has 4 nitrogen and oxygen atoms in total. The number of rotatable bonds is 5. The number of nitrogens with one attached hydrogen (secondary N) is 1. The van der Waals surface area contributed by atoms with Gasteiger partial charge in [-0.05, 0) is 43.2 Å². The summed E-state index contributed by atoms with van der Waals surface area (Å²) >= 11 is 5.12. The van der Waals surface area contributed by atoms with E-state index >= 15 is 0 Å². The van der Waals surface area contributed by atoms with Gasteiger partial charge in [0, 0.05) is 12.2 Å². The molecule has 21 heavy (non-hydrogen) atoms. The molecule has 0 saturated heterocycles. The number of thiocarbonyl (C=S) groups is 1. The zero-order valence-corrected chi connectivity index (χ0v) is 13.2. The number of methoxy groups -OCH3 is 1. The summed E-state index contributed by atoms with van der Waals surface area (Å²) in [6, 6.07) is 9.90. The number of benzene rings is 1. The number of nitrogens with two attached hydrogens (primary N) is 1. The van der Waals surface area contributed by atoms with Gasteiger partial charge in [-0.25, -0.2) is 4.98 Å². The molecule has 1 atom stereocenters.